The third-order valence-corrected chi connectivity index (χ3v) is 2.41. The molecule has 0 N–H and O–H groups in total. The molecule has 1 aromatic rings. The van der Waals surface area contributed by atoms with Gasteiger partial charge in [-0.15, -0.1) is 0 Å². The molecule has 82 valence electrons. The zero-order valence-electron chi connectivity index (χ0n) is 7.43. The SMILES string of the molecule is COC(=O)c1ncc(C(F)F)c(Br)c1F. The molecule has 1 aromatic heterocycles. The Hall–Kier alpha value is -1.11. The van der Waals surface area contributed by atoms with E-state index >= 15 is 0 Å². The number of nitrogens with zero attached hydrogens (tertiary/aromatic N) is 1. The molecule has 3 nitrogen and oxygen atoms in total. The zero-order valence-corrected chi connectivity index (χ0v) is 9.02. The quantitative estimate of drug-likeness (QED) is 0.784. The van der Waals surface area contributed by atoms with E-state index in [9.17, 15) is 18.0 Å². The van der Waals surface area contributed by atoms with Crippen molar-refractivity contribution >= 4 is 21.9 Å². The van der Waals surface area contributed by atoms with Crippen molar-refractivity contribution in [3.63, 3.8) is 0 Å². The molecule has 1 heterocycles. The summed E-state index contributed by atoms with van der Waals surface area (Å²) in [5.74, 6) is -2.17. The first-order chi connectivity index (χ1) is 6.99. The van der Waals surface area contributed by atoms with Crippen molar-refractivity contribution in [2.75, 3.05) is 7.11 Å². The van der Waals surface area contributed by atoms with Crippen molar-refractivity contribution < 1.29 is 22.7 Å². The van der Waals surface area contributed by atoms with Gasteiger partial charge in [0.05, 0.1) is 17.1 Å². The van der Waals surface area contributed by atoms with E-state index < -0.39 is 33.9 Å². The fourth-order valence-corrected chi connectivity index (χ4v) is 1.33. The van der Waals surface area contributed by atoms with Crippen LogP contribution in [0.4, 0.5) is 13.2 Å². The summed E-state index contributed by atoms with van der Waals surface area (Å²) in [5, 5.41) is 0. The molecule has 0 bridgehead atoms. The molecule has 7 heteroatoms. The Balaban J connectivity index is 3.27. The number of rotatable bonds is 2. The topological polar surface area (TPSA) is 39.2 Å². The molecule has 0 aliphatic heterocycles. The Bertz CT molecular complexity index is 398. The van der Waals surface area contributed by atoms with Crippen LogP contribution in [0.5, 0.6) is 0 Å². The van der Waals surface area contributed by atoms with Crippen LogP contribution in [0.1, 0.15) is 22.5 Å². The van der Waals surface area contributed by atoms with Gasteiger partial charge in [-0.2, -0.15) is 0 Å². The Kier molecular flexibility index (Phi) is 3.67. The first kappa shape index (κ1) is 12.0. The number of carbonyl (C=O) groups excluding carboxylic acids is 1. The lowest BCUT2D eigenvalue weighted by atomic mass is 10.2. The number of halogens is 4. The average molecular weight is 284 g/mol. The third-order valence-electron chi connectivity index (χ3n) is 1.60. The van der Waals surface area contributed by atoms with Crippen LogP contribution in [0.2, 0.25) is 0 Å². The molecule has 0 atom stereocenters. The standard InChI is InChI=1S/C8H5BrF3NO2/c1-15-8(14)6-5(10)4(9)3(2-13-6)7(11)12/h2,7H,1H3. The van der Waals surface area contributed by atoms with Gasteiger partial charge in [-0.05, 0) is 15.9 Å². The maximum Gasteiger partial charge on any atom is 0.359 e. The molecule has 0 aliphatic carbocycles. The smallest absolute Gasteiger partial charge is 0.359 e. The van der Waals surface area contributed by atoms with Gasteiger partial charge in [-0.1, -0.05) is 0 Å². The predicted molar refractivity (Wildman–Crippen MR) is 48.2 cm³/mol. The average Bonchev–Trinajstić information content (AvgIpc) is 2.20. The van der Waals surface area contributed by atoms with Gasteiger partial charge in [-0.3, -0.25) is 0 Å². The van der Waals surface area contributed by atoms with E-state index in [1.54, 1.807) is 0 Å². The van der Waals surface area contributed by atoms with Gasteiger partial charge in [0.1, 0.15) is 0 Å². The fraction of sp³-hybridized carbons (Fsp3) is 0.250. The van der Waals surface area contributed by atoms with Crippen molar-refractivity contribution in [3.05, 3.63) is 27.7 Å². The van der Waals surface area contributed by atoms with Crippen molar-refractivity contribution in [2.45, 2.75) is 6.43 Å². The number of hydrogen-bond donors (Lipinski definition) is 0. The van der Waals surface area contributed by atoms with Gasteiger partial charge in [0.2, 0.25) is 0 Å². The van der Waals surface area contributed by atoms with Gasteiger partial charge in [0, 0.05) is 6.20 Å². The molecule has 0 saturated heterocycles. The molecule has 0 aliphatic rings. The molecule has 1 rings (SSSR count). The largest absolute Gasteiger partial charge is 0.464 e. The molecule has 0 fully saturated rings. The first-order valence-electron chi connectivity index (χ1n) is 3.69. The van der Waals surface area contributed by atoms with E-state index in [0.29, 0.717) is 0 Å². The summed E-state index contributed by atoms with van der Waals surface area (Å²) in [7, 11) is 1.04. The molecule has 0 unspecified atom stereocenters. The number of carbonyl (C=O) groups is 1. The van der Waals surface area contributed by atoms with Gasteiger partial charge in [0.15, 0.2) is 11.5 Å². The van der Waals surface area contributed by atoms with Gasteiger partial charge in [0.25, 0.3) is 6.43 Å². The Morgan fingerprint density at radius 1 is 1.60 bits per heavy atom. The highest BCUT2D eigenvalue weighted by Crippen LogP contribution is 2.29. The van der Waals surface area contributed by atoms with Crippen LogP contribution < -0.4 is 0 Å². The highest BCUT2D eigenvalue weighted by Gasteiger charge is 2.22. The van der Waals surface area contributed by atoms with E-state index in [1.165, 1.54) is 0 Å². The summed E-state index contributed by atoms with van der Waals surface area (Å²) in [6, 6.07) is 0. The van der Waals surface area contributed by atoms with Crippen molar-refractivity contribution in [2.24, 2.45) is 0 Å². The first-order valence-corrected chi connectivity index (χ1v) is 4.48. The second kappa shape index (κ2) is 4.61. The lowest BCUT2D eigenvalue weighted by Crippen LogP contribution is -2.09. The number of hydrogen-bond acceptors (Lipinski definition) is 3. The van der Waals surface area contributed by atoms with Crippen LogP contribution in [-0.2, 0) is 4.74 Å². The van der Waals surface area contributed by atoms with Crippen LogP contribution in [-0.4, -0.2) is 18.1 Å². The van der Waals surface area contributed by atoms with E-state index in [-0.39, 0.29) is 0 Å². The van der Waals surface area contributed by atoms with Crippen molar-refractivity contribution in [3.8, 4) is 0 Å². The Morgan fingerprint density at radius 2 is 2.20 bits per heavy atom. The normalized spacial score (nSPS) is 10.5. The number of alkyl halides is 2. The van der Waals surface area contributed by atoms with E-state index in [2.05, 4.69) is 25.7 Å². The molecular formula is C8H5BrF3NO2. The van der Waals surface area contributed by atoms with Crippen molar-refractivity contribution in [1.29, 1.82) is 0 Å². The minimum absolute atomic E-state index is 0.479. The van der Waals surface area contributed by atoms with Crippen LogP contribution >= 0.6 is 15.9 Å². The maximum atomic E-state index is 13.3. The predicted octanol–water partition coefficient (Wildman–Crippen LogP) is 2.71. The minimum atomic E-state index is -2.87. The van der Waals surface area contributed by atoms with Gasteiger partial charge in [-0.25, -0.2) is 22.9 Å². The number of aromatic nitrogens is 1. The highest BCUT2D eigenvalue weighted by atomic mass is 79.9. The molecule has 0 aromatic carbocycles. The van der Waals surface area contributed by atoms with Gasteiger partial charge < -0.3 is 4.74 Å². The second-order valence-electron chi connectivity index (χ2n) is 2.48. The molecule has 0 spiro atoms. The molecule has 15 heavy (non-hydrogen) atoms. The van der Waals surface area contributed by atoms with E-state index in [0.717, 1.165) is 13.3 Å². The summed E-state index contributed by atoms with van der Waals surface area (Å²) in [4.78, 5) is 14.2. The summed E-state index contributed by atoms with van der Waals surface area (Å²) in [6.07, 6.45) is -2.14. The lowest BCUT2D eigenvalue weighted by molar-refractivity contribution is 0.0587. The summed E-state index contributed by atoms with van der Waals surface area (Å²) >= 11 is 2.63. The van der Waals surface area contributed by atoms with Crippen LogP contribution in [0.15, 0.2) is 10.7 Å². The molecule has 0 amide bonds. The lowest BCUT2D eigenvalue weighted by Gasteiger charge is -2.06. The molecule has 0 saturated carbocycles. The maximum absolute atomic E-state index is 13.3. The Labute approximate surface area is 91.4 Å². The summed E-state index contributed by atoms with van der Waals surface area (Å²) < 4.78 is 41.6. The molecular weight excluding hydrogens is 279 g/mol. The number of methoxy groups -OCH3 is 1. The van der Waals surface area contributed by atoms with Crippen molar-refractivity contribution in [1.82, 2.24) is 4.98 Å². The highest BCUT2D eigenvalue weighted by molar-refractivity contribution is 9.10. The number of esters is 1. The second-order valence-corrected chi connectivity index (χ2v) is 3.28. The van der Waals surface area contributed by atoms with Crippen LogP contribution in [0, 0.1) is 5.82 Å². The third kappa shape index (κ3) is 2.28. The summed E-state index contributed by atoms with van der Waals surface area (Å²) in [6.45, 7) is 0. The van der Waals surface area contributed by atoms with E-state index in [4.69, 9.17) is 0 Å². The minimum Gasteiger partial charge on any atom is -0.464 e. The van der Waals surface area contributed by atoms with Gasteiger partial charge >= 0.3 is 5.97 Å². The molecule has 0 radical (unpaired) electrons. The monoisotopic (exact) mass is 283 g/mol. The van der Waals surface area contributed by atoms with E-state index in [1.807, 2.05) is 0 Å². The van der Waals surface area contributed by atoms with Crippen LogP contribution in [0.3, 0.4) is 0 Å². The number of ether oxygens (including phenoxy) is 1. The van der Waals surface area contributed by atoms with Crippen LogP contribution in [0.25, 0.3) is 0 Å². The Morgan fingerprint density at radius 3 is 2.67 bits per heavy atom. The number of pyridine rings is 1. The fourth-order valence-electron chi connectivity index (χ4n) is 0.869. The summed E-state index contributed by atoms with van der Waals surface area (Å²) in [5.41, 5.74) is -1.24. The zero-order chi connectivity index (χ0) is 11.6.